The van der Waals surface area contributed by atoms with Crippen molar-refractivity contribution in [1.82, 2.24) is 0 Å². The molecule has 0 unspecified atom stereocenters. The molecule has 18 heavy (non-hydrogen) atoms. The van der Waals surface area contributed by atoms with Gasteiger partial charge in [-0.15, -0.1) is 0 Å². The molecule has 1 aromatic carbocycles. The van der Waals surface area contributed by atoms with Gasteiger partial charge in [-0.2, -0.15) is 0 Å². The van der Waals surface area contributed by atoms with Gasteiger partial charge in [-0.1, -0.05) is 11.8 Å². The van der Waals surface area contributed by atoms with E-state index in [1.165, 1.54) is 0 Å². The lowest BCUT2D eigenvalue weighted by molar-refractivity contribution is -0.117. The number of aliphatic hydroxyl groups is 1. The van der Waals surface area contributed by atoms with Crippen molar-refractivity contribution in [3.8, 4) is 17.6 Å². The second-order valence-corrected chi connectivity index (χ2v) is 4.00. The van der Waals surface area contributed by atoms with E-state index in [1.54, 1.807) is 18.1 Å². The maximum atomic E-state index is 11.8. The van der Waals surface area contributed by atoms with Crippen molar-refractivity contribution in [3.05, 3.63) is 23.8 Å². The smallest absolute Gasteiger partial charge is 0.227 e. The lowest BCUT2D eigenvalue weighted by Crippen LogP contribution is -2.24. The first-order valence-corrected chi connectivity index (χ1v) is 5.84. The van der Waals surface area contributed by atoms with Crippen LogP contribution in [0.4, 0.5) is 5.69 Å². The highest BCUT2D eigenvalue weighted by Gasteiger charge is 2.24. The highest BCUT2D eigenvalue weighted by Crippen LogP contribution is 2.32. The van der Waals surface area contributed by atoms with Crippen molar-refractivity contribution in [2.24, 2.45) is 0 Å². The summed E-state index contributed by atoms with van der Waals surface area (Å²) in [6.07, 6.45) is 1.45. The van der Waals surface area contributed by atoms with E-state index in [0.717, 1.165) is 17.7 Å². The first-order valence-electron chi connectivity index (χ1n) is 5.84. The fourth-order valence-corrected chi connectivity index (χ4v) is 2.02. The molecule has 2 rings (SSSR count). The van der Waals surface area contributed by atoms with Gasteiger partial charge in [-0.05, 0) is 24.6 Å². The minimum absolute atomic E-state index is 0.112. The van der Waals surface area contributed by atoms with Gasteiger partial charge in [0.25, 0.3) is 0 Å². The Hall–Kier alpha value is -1.99. The number of nitrogens with zero attached hydrogens (tertiary/aromatic N) is 1. The summed E-state index contributed by atoms with van der Waals surface area (Å²) in [5, 5.41) is 8.69. The Morgan fingerprint density at radius 2 is 2.33 bits per heavy atom. The van der Waals surface area contributed by atoms with Gasteiger partial charge in [0.1, 0.15) is 12.4 Å². The Bertz CT molecular complexity index is 514. The largest absolute Gasteiger partial charge is 0.495 e. The molecule has 0 saturated carbocycles. The number of carbonyl (C=O) groups excluding carboxylic acids is 1. The van der Waals surface area contributed by atoms with E-state index in [0.29, 0.717) is 18.7 Å². The Morgan fingerprint density at radius 1 is 1.50 bits per heavy atom. The molecule has 4 heteroatoms. The van der Waals surface area contributed by atoms with Crippen molar-refractivity contribution in [3.63, 3.8) is 0 Å². The van der Waals surface area contributed by atoms with Crippen molar-refractivity contribution in [1.29, 1.82) is 0 Å². The molecular weight excluding hydrogens is 230 g/mol. The topological polar surface area (TPSA) is 49.8 Å². The van der Waals surface area contributed by atoms with Gasteiger partial charge in [0.05, 0.1) is 12.8 Å². The Morgan fingerprint density at radius 3 is 2.94 bits per heavy atom. The molecule has 1 fully saturated rings. The number of carbonyl (C=O) groups is 1. The summed E-state index contributed by atoms with van der Waals surface area (Å²) in [7, 11) is 1.58. The molecule has 94 valence electrons. The van der Waals surface area contributed by atoms with Crippen molar-refractivity contribution in [2.75, 3.05) is 25.2 Å². The van der Waals surface area contributed by atoms with Crippen LogP contribution in [0.5, 0.6) is 5.75 Å². The van der Waals surface area contributed by atoms with Crippen molar-refractivity contribution < 1.29 is 14.6 Å². The average molecular weight is 245 g/mol. The second kappa shape index (κ2) is 5.56. The first kappa shape index (κ1) is 12.5. The molecule has 0 aliphatic carbocycles. The third-order valence-corrected chi connectivity index (χ3v) is 2.85. The molecule has 1 N–H and O–H groups in total. The summed E-state index contributed by atoms with van der Waals surface area (Å²) >= 11 is 0. The summed E-state index contributed by atoms with van der Waals surface area (Å²) in [5.41, 5.74) is 1.52. The van der Waals surface area contributed by atoms with Crippen LogP contribution in [0.2, 0.25) is 0 Å². The predicted molar refractivity (Wildman–Crippen MR) is 68.5 cm³/mol. The lowest BCUT2D eigenvalue weighted by atomic mass is 10.1. The maximum absolute atomic E-state index is 11.8. The van der Waals surface area contributed by atoms with Gasteiger partial charge in [0.15, 0.2) is 0 Å². The van der Waals surface area contributed by atoms with Gasteiger partial charge in [-0.3, -0.25) is 4.79 Å². The van der Waals surface area contributed by atoms with Gasteiger partial charge < -0.3 is 14.7 Å². The SMILES string of the molecule is COc1ccc(C#CCO)cc1N1CCCC1=O. The van der Waals surface area contributed by atoms with Gasteiger partial charge in [0, 0.05) is 18.5 Å². The van der Waals surface area contributed by atoms with E-state index in [4.69, 9.17) is 9.84 Å². The van der Waals surface area contributed by atoms with E-state index < -0.39 is 0 Å². The first-order chi connectivity index (χ1) is 8.76. The molecule has 0 spiro atoms. The molecule has 1 aliphatic rings. The minimum atomic E-state index is -0.177. The van der Waals surface area contributed by atoms with Crippen LogP contribution in [0.15, 0.2) is 18.2 Å². The van der Waals surface area contributed by atoms with Gasteiger partial charge >= 0.3 is 0 Å². The van der Waals surface area contributed by atoms with Gasteiger partial charge in [0.2, 0.25) is 5.91 Å². The summed E-state index contributed by atoms with van der Waals surface area (Å²) in [5.74, 6) is 6.20. The number of hydrogen-bond acceptors (Lipinski definition) is 3. The fourth-order valence-electron chi connectivity index (χ4n) is 2.02. The van der Waals surface area contributed by atoms with E-state index >= 15 is 0 Å². The number of ether oxygens (including phenoxy) is 1. The molecule has 1 amide bonds. The van der Waals surface area contributed by atoms with Crippen LogP contribution >= 0.6 is 0 Å². The predicted octanol–water partition coefficient (Wildman–Crippen LogP) is 1.17. The van der Waals surface area contributed by atoms with Crippen LogP contribution in [0.25, 0.3) is 0 Å². The standard InChI is InChI=1S/C14H15NO3/c1-18-13-7-6-11(4-3-9-16)10-12(13)15-8-2-5-14(15)17/h6-7,10,16H,2,5,8-9H2,1H3. The number of amides is 1. The Labute approximate surface area is 106 Å². The number of hydrogen-bond donors (Lipinski definition) is 1. The zero-order chi connectivity index (χ0) is 13.0. The number of rotatable bonds is 2. The van der Waals surface area contributed by atoms with Gasteiger partial charge in [-0.25, -0.2) is 0 Å². The van der Waals surface area contributed by atoms with Crippen LogP contribution in [-0.4, -0.2) is 31.3 Å². The Balaban J connectivity index is 2.39. The number of aliphatic hydroxyl groups excluding tert-OH is 1. The summed E-state index contributed by atoms with van der Waals surface area (Å²) in [6, 6.07) is 5.43. The lowest BCUT2D eigenvalue weighted by Gasteiger charge is -2.19. The fraction of sp³-hybridized carbons (Fsp3) is 0.357. The molecule has 0 atom stereocenters. The second-order valence-electron chi connectivity index (χ2n) is 4.00. The minimum Gasteiger partial charge on any atom is -0.495 e. The van der Waals surface area contributed by atoms with Crippen LogP contribution in [0.1, 0.15) is 18.4 Å². The molecule has 0 bridgehead atoms. The van der Waals surface area contributed by atoms with E-state index in [2.05, 4.69) is 11.8 Å². The molecule has 0 radical (unpaired) electrons. The Kier molecular flexibility index (Phi) is 3.85. The summed E-state index contributed by atoms with van der Waals surface area (Å²) in [4.78, 5) is 13.5. The number of anilines is 1. The molecular formula is C14H15NO3. The van der Waals surface area contributed by atoms with Crippen molar-refractivity contribution >= 4 is 11.6 Å². The third-order valence-electron chi connectivity index (χ3n) is 2.85. The van der Waals surface area contributed by atoms with E-state index in [1.807, 2.05) is 12.1 Å². The molecule has 1 saturated heterocycles. The number of methoxy groups -OCH3 is 1. The molecule has 1 aliphatic heterocycles. The highest BCUT2D eigenvalue weighted by molar-refractivity contribution is 5.97. The maximum Gasteiger partial charge on any atom is 0.227 e. The monoisotopic (exact) mass is 245 g/mol. The molecule has 4 nitrogen and oxygen atoms in total. The van der Waals surface area contributed by atoms with Crippen LogP contribution in [0, 0.1) is 11.8 Å². The number of benzene rings is 1. The summed E-state index contributed by atoms with van der Waals surface area (Å²) in [6.45, 7) is 0.538. The van der Waals surface area contributed by atoms with Crippen molar-refractivity contribution in [2.45, 2.75) is 12.8 Å². The van der Waals surface area contributed by atoms with Crippen LogP contribution in [0.3, 0.4) is 0 Å². The molecule has 0 aromatic heterocycles. The average Bonchev–Trinajstić information content (AvgIpc) is 2.82. The highest BCUT2D eigenvalue weighted by atomic mass is 16.5. The van der Waals surface area contributed by atoms with E-state index in [-0.39, 0.29) is 12.5 Å². The molecule has 1 aromatic rings. The zero-order valence-electron chi connectivity index (χ0n) is 10.3. The zero-order valence-corrected chi connectivity index (χ0v) is 10.3. The van der Waals surface area contributed by atoms with E-state index in [9.17, 15) is 4.79 Å². The quantitative estimate of drug-likeness (QED) is 0.796. The molecule has 1 heterocycles. The summed E-state index contributed by atoms with van der Waals surface area (Å²) < 4.78 is 5.27. The normalized spacial score (nSPS) is 14.3. The third kappa shape index (κ3) is 2.47. The van der Waals surface area contributed by atoms with Crippen LogP contribution < -0.4 is 9.64 Å². The van der Waals surface area contributed by atoms with Crippen LogP contribution in [-0.2, 0) is 4.79 Å².